The van der Waals surface area contributed by atoms with Crippen molar-refractivity contribution in [1.82, 2.24) is 30.1 Å². The summed E-state index contributed by atoms with van der Waals surface area (Å²) < 4.78 is 2.00. The lowest BCUT2D eigenvalue weighted by Crippen LogP contribution is -2.47. The molecule has 2 fully saturated rings. The minimum atomic E-state index is 0.0889. The Labute approximate surface area is 147 Å². The van der Waals surface area contributed by atoms with E-state index in [1.165, 1.54) is 5.56 Å². The van der Waals surface area contributed by atoms with Crippen molar-refractivity contribution in [2.75, 3.05) is 32.7 Å². The standard InChI is InChI=1S/C18H24N6O/c25-18-14-23(9-7-19-18)11-16-12-24(21-20-16)17-6-8-22(13-17)10-15-4-2-1-3-5-15/h1-5,12,17H,6-11,13-14H2,(H,19,25). The van der Waals surface area contributed by atoms with E-state index in [1.54, 1.807) is 0 Å². The third-order valence-corrected chi connectivity index (χ3v) is 4.93. The highest BCUT2D eigenvalue weighted by Crippen LogP contribution is 2.22. The summed E-state index contributed by atoms with van der Waals surface area (Å²) in [5, 5.41) is 11.5. The van der Waals surface area contributed by atoms with E-state index in [4.69, 9.17) is 0 Å². The van der Waals surface area contributed by atoms with Crippen LogP contribution >= 0.6 is 0 Å². The number of likely N-dealkylation sites (tertiary alicyclic amines) is 1. The molecule has 1 atom stereocenters. The number of nitrogens with zero attached hydrogens (tertiary/aromatic N) is 5. The van der Waals surface area contributed by atoms with Gasteiger partial charge in [-0.25, -0.2) is 4.68 Å². The molecule has 0 bridgehead atoms. The minimum absolute atomic E-state index is 0.0889. The summed E-state index contributed by atoms with van der Waals surface area (Å²) in [6.07, 6.45) is 3.14. The van der Waals surface area contributed by atoms with Crippen LogP contribution in [0.15, 0.2) is 36.5 Å². The Morgan fingerprint density at radius 1 is 1.12 bits per heavy atom. The molecule has 7 heteroatoms. The fourth-order valence-corrected chi connectivity index (χ4v) is 3.63. The number of carbonyl (C=O) groups is 1. The van der Waals surface area contributed by atoms with Gasteiger partial charge in [-0.2, -0.15) is 0 Å². The Kier molecular flexibility index (Phi) is 4.76. The van der Waals surface area contributed by atoms with Gasteiger partial charge in [0.2, 0.25) is 5.91 Å². The minimum Gasteiger partial charge on any atom is -0.354 e. The zero-order valence-corrected chi connectivity index (χ0v) is 14.3. The van der Waals surface area contributed by atoms with Crippen molar-refractivity contribution in [1.29, 1.82) is 0 Å². The van der Waals surface area contributed by atoms with E-state index in [0.717, 1.165) is 38.3 Å². The van der Waals surface area contributed by atoms with Crippen molar-refractivity contribution in [3.8, 4) is 0 Å². The second kappa shape index (κ2) is 7.33. The summed E-state index contributed by atoms with van der Waals surface area (Å²) in [5.41, 5.74) is 2.29. The number of hydrogen-bond acceptors (Lipinski definition) is 5. The highest BCUT2D eigenvalue weighted by molar-refractivity contribution is 5.78. The lowest BCUT2D eigenvalue weighted by atomic mass is 10.2. The molecule has 25 heavy (non-hydrogen) atoms. The van der Waals surface area contributed by atoms with Crippen LogP contribution in [0.4, 0.5) is 0 Å². The van der Waals surface area contributed by atoms with Gasteiger partial charge in [0.1, 0.15) is 0 Å². The Hall–Kier alpha value is -2.25. The highest BCUT2D eigenvalue weighted by atomic mass is 16.2. The monoisotopic (exact) mass is 340 g/mol. The van der Waals surface area contributed by atoms with E-state index in [2.05, 4.69) is 55.8 Å². The van der Waals surface area contributed by atoms with E-state index in [9.17, 15) is 4.79 Å². The van der Waals surface area contributed by atoms with Crippen LogP contribution in [0.25, 0.3) is 0 Å². The summed E-state index contributed by atoms with van der Waals surface area (Å²) in [6.45, 7) is 5.79. The van der Waals surface area contributed by atoms with Gasteiger partial charge in [0.25, 0.3) is 0 Å². The zero-order valence-electron chi connectivity index (χ0n) is 14.3. The number of amides is 1. The van der Waals surface area contributed by atoms with Gasteiger partial charge in [-0.15, -0.1) is 5.10 Å². The fourth-order valence-electron chi connectivity index (χ4n) is 3.63. The predicted octanol–water partition coefficient (Wildman–Crippen LogP) is 0.657. The first-order valence-electron chi connectivity index (χ1n) is 8.92. The molecule has 0 radical (unpaired) electrons. The Morgan fingerprint density at radius 3 is 2.84 bits per heavy atom. The molecule has 1 aromatic heterocycles. The molecule has 2 aliphatic rings. The van der Waals surface area contributed by atoms with Gasteiger partial charge in [0, 0.05) is 39.3 Å². The largest absolute Gasteiger partial charge is 0.354 e. The van der Waals surface area contributed by atoms with Gasteiger partial charge in [0.05, 0.1) is 24.5 Å². The lowest BCUT2D eigenvalue weighted by molar-refractivity contribution is -0.124. The molecule has 1 unspecified atom stereocenters. The van der Waals surface area contributed by atoms with Crippen LogP contribution in [-0.4, -0.2) is 63.4 Å². The van der Waals surface area contributed by atoms with Gasteiger partial charge >= 0.3 is 0 Å². The van der Waals surface area contributed by atoms with Crippen molar-refractivity contribution < 1.29 is 4.79 Å². The van der Waals surface area contributed by atoms with Crippen LogP contribution in [-0.2, 0) is 17.9 Å². The van der Waals surface area contributed by atoms with Gasteiger partial charge in [-0.1, -0.05) is 35.5 Å². The number of rotatable bonds is 5. The molecule has 2 aliphatic heterocycles. The molecule has 0 aliphatic carbocycles. The first-order valence-corrected chi connectivity index (χ1v) is 8.92. The number of piperazine rings is 1. The van der Waals surface area contributed by atoms with Crippen molar-refractivity contribution in [2.45, 2.75) is 25.6 Å². The molecule has 7 nitrogen and oxygen atoms in total. The number of carbonyl (C=O) groups excluding carboxylic acids is 1. The normalized spacial score (nSPS) is 22.2. The molecule has 2 aromatic rings. The van der Waals surface area contributed by atoms with Crippen LogP contribution < -0.4 is 5.32 Å². The van der Waals surface area contributed by atoms with E-state index >= 15 is 0 Å². The van der Waals surface area contributed by atoms with E-state index in [-0.39, 0.29) is 5.91 Å². The number of benzene rings is 1. The molecule has 1 aromatic carbocycles. The third-order valence-electron chi connectivity index (χ3n) is 4.93. The molecule has 132 valence electrons. The van der Waals surface area contributed by atoms with E-state index in [0.29, 0.717) is 25.7 Å². The van der Waals surface area contributed by atoms with Crippen molar-refractivity contribution in [2.24, 2.45) is 0 Å². The van der Waals surface area contributed by atoms with Gasteiger partial charge in [-0.05, 0) is 12.0 Å². The molecule has 3 heterocycles. The van der Waals surface area contributed by atoms with Crippen LogP contribution in [0.5, 0.6) is 0 Å². The summed E-state index contributed by atoms with van der Waals surface area (Å²) in [7, 11) is 0. The van der Waals surface area contributed by atoms with Crippen LogP contribution in [0.3, 0.4) is 0 Å². The molecule has 1 amide bonds. The van der Waals surface area contributed by atoms with Gasteiger partial charge in [0.15, 0.2) is 0 Å². The fraction of sp³-hybridized carbons (Fsp3) is 0.500. The molecule has 0 saturated carbocycles. The first-order chi connectivity index (χ1) is 12.3. The maximum Gasteiger partial charge on any atom is 0.234 e. The van der Waals surface area contributed by atoms with E-state index in [1.807, 2.05) is 10.9 Å². The van der Waals surface area contributed by atoms with Crippen molar-refractivity contribution in [3.63, 3.8) is 0 Å². The number of nitrogens with one attached hydrogen (secondary N) is 1. The summed E-state index contributed by atoms with van der Waals surface area (Å²) in [4.78, 5) is 16.0. The molecule has 0 spiro atoms. The number of aromatic nitrogens is 3. The van der Waals surface area contributed by atoms with Crippen LogP contribution in [0, 0.1) is 0 Å². The molecule has 2 saturated heterocycles. The first kappa shape index (κ1) is 16.2. The number of hydrogen-bond donors (Lipinski definition) is 1. The predicted molar refractivity (Wildman–Crippen MR) is 93.7 cm³/mol. The third kappa shape index (κ3) is 4.05. The Bertz CT molecular complexity index is 715. The summed E-state index contributed by atoms with van der Waals surface area (Å²) >= 11 is 0. The Morgan fingerprint density at radius 2 is 2.00 bits per heavy atom. The molecule has 1 N–H and O–H groups in total. The van der Waals surface area contributed by atoms with Gasteiger partial charge < -0.3 is 5.32 Å². The molecular weight excluding hydrogens is 316 g/mol. The van der Waals surface area contributed by atoms with Crippen molar-refractivity contribution in [3.05, 3.63) is 47.8 Å². The smallest absolute Gasteiger partial charge is 0.234 e. The summed E-state index contributed by atoms with van der Waals surface area (Å²) in [5.74, 6) is 0.0889. The van der Waals surface area contributed by atoms with E-state index < -0.39 is 0 Å². The van der Waals surface area contributed by atoms with Crippen LogP contribution in [0.2, 0.25) is 0 Å². The molecular formula is C18H24N6O. The van der Waals surface area contributed by atoms with Gasteiger partial charge in [-0.3, -0.25) is 14.6 Å². The SMILES string of the molecule is O=C1CN(Cc2cn(C3CCN(Cc4ccccc4)C3)nn2)CCN1. The maximum absolute atomic E-state index is 11.5. The Balaban J connectivity index is 1.32. The highest BCUT2D eigenvalue weighted by Gasteiger charge is 2.25. The second-order valence-electron chi connectivity index (χ2n) is 6.91. The zero-order chi connectivity index (χ0) is 17.1. The molecule has 4 rings (SSSR count). The average Bonchev–Trinajstić information content (AvgIpc) is 3.25. The lowest BCUT2D eigenvalue weighted by Gasteiger charge is -2.25. The average molecular weight is 340 g/mol. The van der Waals surface area contributed by atoms with Crippen LogP contribution in [0.1, 0.15) is 23.7 Å². The van der Waals surface area contributed by atoms with Crippen molar-refractivity contribution >= 4 is 5.91 Å². The maximum atomic E-state index is 11.5. The quantitative estimate of drug-likeness (QED) is 0.866. The topological polar surface area (TPSA) is 66.3 Å². The second-order valence-corrected chi connectivity index (χ2v) is 6.91. The summed E-state index contributed by atoms with van der Waals surface area (Å²) in [6, 6.07) is 11.0.